The van der Waals surface area contributed by atoms with E-state index in [1.807, 2.05) is 17.5 Å². The molecule has 0 aliphatic carbocycles. The van der Waals surface area contributed by atoms with E-state index >= 15 is 0 Å². The Hall–Kier alpha value is -1.14. The number of hydrogen-bond donors (Lipinski definition) is 2. The zero-order chi connectivity index (χ0) is 11.5. The van der Waals surface area contributed by atoms with Crippen LogP contribution in [0, 0.1) is 4.77 Å². The fraction of sp³-hybridized carbons (Fsp3) is 0.400. The molecule has 4 nitrogen and oxygen atoms in total. The lowest BCUT2D eigenvalue weighted by Crippen LogP contribution is -2.22. The van der Waals surface area contributed by atoms with Crippen molar-refractivity contribution in [1.29, 1.82) is 0 Å². The highest BCUT2D eigenvalue weighted by Gasteiger charge is 2.17. The first-order valence-electron chi connectivity index (χ1n) is 5.16. The van der Waals surface area contributed by atoms with E-state index in [9.17, 15) is 4.79 Å². The smallest absolute Gasteiger partial charge is 0.272 e. The lowest BCUT2D eigenvalue weighted by Gasteiger charge is -2.14. The largest absolute Gasteiger partial charge is 0.342 e. The molecule has 0 aliphatic heterocycles. The van der Waals surface area contributed by atoms with Crippen LogP contribution in [0.1, 0.15) is 30.7 Å². The minimum absolute atomic E-state index is 0.0486. The summed E-state index contributed by atoms with van der Waals surface area (Å²) in [5, 5.41) is 7.22. The Labute approximate surface area is 102 Å². The van der Waals surface area contributed by atoms with E-state index in [-0.39, 0.29) is 11.7 Å². The van der Waals surface area contributed by atoms with Crippen LogP contribution in [0.25, 0.3) is 0 Å². The van der Waals surface area contributed by atoms with E-state index in [1.54, 1.807) is 15.9 Å². The summed E-state index contributed by atoms with van der Waals surface area (Å²) in [7, 11) is 0. The van der Waals surface area contributed by atoms with Crippen LogP contribution in [-0.4, -0.2) is 14.8 Å². The van der Waals surface area contributed by atoms with Gasteiger partial charge in [0.2, 0.25) is 0 Å². The van der Waals surface area contributed by atoms with Gasteiger partial charge in [0.1, 0.15) is 0 Å². The monoisotopic (exact) mass is 255 g/mol. The summed E-state index contributed by atoms with van der Waals surface area (Å²) in [5.74, 6) is 0. The molecule has 16 heavy (non-hydrogen) atoms. The zero-order valence-electron chi connectivity index (χ0n) is 8.90. The van der Waals surface area contributed by atoms with Crippen LogP contribution in [0.15, 0.2) is 22.3 Å². The summed E-state index contributed by atoms with van der Waals surface area (Å²) in [6.45, 7) is 2.10. The first kappa shape index (κ1) is 11.3. The van der Waals surface area contributed by atoms with E-state index in [2.05, 4.69) is 17.1 Å². The molecule has 0 radical (unpaired) electrons. The molecule has 0 amide bonds. The zero-order valence-corrected chi connectivity index (χ0v) is 10.5. The average molecular weight is 255 g/mol. The highest BCUT2D eigenvalue weighted by molar-refractivity contribution is 7.71. The number of H-pyrrole nitrogens is 2. The molecular weight excluding hydrogens is 242 g/mol. The van der Waals surface area contributed by atoms with Crippen molar-refractivity contribution in [3.63, 3.8) is 0 Å². The summed E-state index contributed by atoms with van der Waals surface area (Å²) < 4.78 is 2.07. The van der Waals surface area contributed by atoms with Gasteiger partial charge in [-0.3, -0.25) is 9.67 Å². The minimum Gasteiger partial charge on any atom is -0.272 e. The number of rotatable bonds is 4. The molecular formula is C10H13N3OS2. The lowest BCUT2D eigenvalue weighted by atomic mass is 10.1. The minimum atomic E-state index is -0.170. The van der Waals surface area contributed by atoms with Crippen molar-refractivity contribution in [1.82, 2.24) is 14.8 Å². The molecule has 2 heterocycles. The molecule has 1 atom stereocenters. The highest BCUT2D eigenvalue weighted by atomic mass is 32.1. The van der Waals surface area contributed by atoms with Crippen molar-refractivity contribution in [3.8, 4) is 0 Å². The lowest BCUT2D eigenvalue weighted by molar-refractivity contribution is 0.521. The van der Waals surface area contributed by atoms with Gasteiger partial charge in [-0.25, -0.2) is 9.89 Å². The number of nitrogens with one attached hydrogen (secondary N) is 2. The van der Waals surface area contributed by atoms with Crippen LogP contribution in [0.5, 0.6) is 0 Å². The Morgan fingerprint density at radius 2 is 2.38 bits per heavy atom. The summed E-state index contributed by atoms with van der Waals surface area (Å²) in [5.41, 5.74) is -0.170. The number of aromatic nitrogens is 3. The predicted octanol–water partition coefficient (Wildman–Crippen LogP) is 2.68. The van der Waals surface area contributed by atoms with Gasteiger partial charge < -0.3 is 0 Å². The van der Waals surface area contributed by atoms with E-state index < -0.39 is 0 Å². The molecule has 0 saturated carbocycles. The van der Waals surface area contributed by atoms with Gasteiger partial charge >= 0.3 is 5.69 Å². The molecule has 0 saturated heterocycles. The Morgan fingerprint density at radius 1 is 1.56 bits per heavy atom. The fourth-order valence-electron chi connectivity index (χ4n) is 1.76. The van der Waals surface area contributed by atoms with Crippen molar-refractivity contribution in [2.24, 2.45) is 0 Å². The molecule has 86 valence electrons. The first-order chi connectivity index (χ1) is 7.74. The Balaban J connectivity index is 2.49. The maximum Gasteiger partial charge on any atom is 0.342 e. The normalized spacial score (nSPS) is 12.8. The maximum absolute atomic E-state index is 11.7. The molecule has 0 aromatic carbocycles. The van der Waals surface area contributed by atoms with Crippen LogP contribution in [-0.2, 0) is 0 Å². The van der Waals surface area contributed by atoms with Gasteiger partial charge in [0.05, 0.1) is 6.04 Å². The summed E-state index contributed by atoms with van der Waals surface area (Å²) in [4.78, 5) is 12.8. The van der Waals surface area contributed by atoms with Crippen molar-refractivity contribution < 1.29 is 0 Å². The van der Waals surface area contributed by atoms with Gasteiger partial charge in [-0.15, -0.1) is 11.3 Å². The SMILES string of the molecule is CCCC(c1cccs1)n1c(=O)[nH][nH]c1=S. The number of thiophene rings is 1. The summed E-state index contributed by atoms with van der Waals surface area (Å²) >= 11 is 6.77. The molecule has 0 bridgehead atoms. The van der Waals surface area contributed by atoms with E-state index in [0.29, 0.717) is 4.77 Å². The van der Waals surface area contributed by atoms with Crippen molar-refractivity contribution >= 4 is 23.6 Å². The van der Waals surface area contributed by atoms with Crippen molar-refractivity contribution in [2.45, 2.75) is 25.8 Å². The van der Waals surface area contributed by atoms with Crippen molar-refractivity contribution in [2.75, 3.05) is 0 Å². The number of hydrogen-bond acceptors (Lipinski definition) is 3. The van der Waals surface area contributed by atoms with E-state index in [0.717, 1.165) is 12.8 Å². The van der Waals surface area contributed by atoms with Gasteiger partial charge in [0.15, 0.2) is 4.77 Å². The number of aromatic amines is 2. The fourth-order valence-corrected chi connectivity index (χ4v) is 2.87. The molecule has 2 aromatic heterocycles. The van der Waals surface area contributed by atoms with Gasteiger partial charge in [0, 0.05) is 4.88 Å². The van der Waals surface area contributed by atoms with Crippen molar-refractivity contribution in [3.05, 3.63) is 37.6 Å². The molecule has 0 spiro atoms. The molecule has 2 rings (SSSR count). The number of nitrogens with zero attached hydrogens (tertiary/aromatic N) is 1. The quantitative estimate of drug-likeness (QED) is 0.825. The van der Waals surface area contributed by atoms with Gasteiger partial charge in [0.25, 0.3) is 0 Å². The third kappa shape index (κ3) is 2.03. The molecule has 6 heteroatoms. The van der Waals surface area contributed by atoms with Crippen LogP contribution in [0.4, 0.5) is 0 Å². The first-order valence-corrected chi connectivity index (χ1v) is 6.45. The van der Waals surface area contributed by atoms with Gasteiger partial charge in [-0.2, -0.15) is 0 Å². The molecule has 0 fully saturated rings. The van der Waals surface area contributed by atoms with E-state index in [4.69, 9.17) is 12.2 Å². The van der Waals surface area contributed by atoms with E-state index in [1.165, 1.54) is 4.88 Å². The highest BCUT2D eigenvalue weighted by Crippen LogP contribution is 2.26. The standard InChI is InChI=1S/C10H13N3OS2/c1-2-4-7(8-5-3-6-16-8)13-9(14)11-12-10(13)15/h3,5-7H,2,4H2,1H3,(H,11,14)(H,12,15). The molecule has 2 N–H and O–H groups in total. The molecule has 2 aromatic rings. The Morgan fingerprint density at radius 3 is 2.88 bits per heavy atom. The van der Waals surface area contributed by atoms with Crippen LogP contribution < -0.4 is 5.69 Å². The molecule has 0 aliphatic rings. The maximum atomic E-state index is 11.7. The third-order valence-corrected chi connectivity index (χ3v) is 3.73. The van der Waals surface area contributed by atoms with Crippen LogP contribution in [0.3, 0.4) is 0 Å². The van der Waals surface area contributed by atoms with Gasteiger partial charge in [-0.1, -0.05) is 19.4 Å². The van der Waals surface area contributed by atoms with Crippen LogP contribution in [0.2, 0.25) is 0 Å². The Bertz CT molecular complexity index is 522. The van der Waals surface area contributed by atoms with Gasteiger partial charge in [-0.05, 0) is 30.1 Å². The van der Waals surface area contributed by atoms with Crippen LogP contribution >= 0.6 is 23.6 Å². The second-order valence-electron chi connectivity index (χ2n) is 3.55. The average Bonchev–Trinajstić information content (AvgIpc) is 2.87. The second kappa shape index (κ2) is 4.80. The summed E-state index contributed by atoms with van der Waals surface area (Å²) in [6.07, 6.45) is 1.92. The summed E-state index contributed by atoms with van der Waals surface area (Å²) in [6, 6.07) is 4.08. The third-order valence-electron chi connectivity index (χ3n) is 2.46. The Kier molecular flexibility index (Phi) is 3.40. The topological polar surface area (TPSA) is 53.6 Å². The second-order valence-corrected chi connectivity index (χ2v) is 4.92. The molecule has 1 unspecified atom stereocenters. The predicted molar refractivity (Wildman–Crippen MR) is 67.6 cm³/mol.